The lowest BCUT2D eigenvalue weighted by Gasteiger charge is -2.30. The molecule has 0 aliphatic heterocycles. The zero-order chi connectivity index (χ0) is 31.2. The van der Waals surface area contributed by atoms with Gasteiger partial charge in [-0.05, 0) is 56.0 Å². The summed E-state index contributed by atoms with van der Waals surface area (Å²) in [6, 6.07) is 15.7. The van der Waals surface area contributed by atoms with Crippen molar-refractivity contribution in [1.29, 1.82) is 0 Å². The number of nitrogens with zero attached hydrogens (tertiary/aromatic N) is 1. The summed E-state index contributed by atoms with van der Waals surface area (Å²) in [6.07, 6.45) is -0.598. The van der Waals surface area contributed by atoms with E-state index in [1.165, 1.54) is 23.8 Å². The zero-order valence-electron chi connectivity index (χ0n) is 24.7. The smallest absolute Gasteiger partial charge is 0.418 e. The van der Waals surface area contributed by atoms with Crippen LogP contribution in [-0.4, -0.2) is 66.8 Å². The van der Waals surface area contributed by atoms with Gasteiger partial charge in [-0.25, -0.2) is 4.79 Å². The van der Waals surface area contributed by atoms with Crippen molar-refractivity contribution in [1.82, 2.24) is 15.2 Å². The number of fused-ring (bicyclic) bond motifs is 1. The molecule has 0 fully saturated rings. The summed E-state index contributed by atoms with van der Waals surface area (Å²) >= 11 is 0. The van der Waals surface area contributed by atoms with E-state index in [2.05, 4.69) is 28.9 Å². The first-order valence-corrected chi connectivity index (χ1v) is 14.7. The molecule has 0 bridgehead atoms. The largest absolute Gasteiger partial charge is 0.491 e. The van der Waals surface area contributed by atoms with Crippen LogP contribution in [0, 0.1) is 0 Å². The SMILES string of the molecule is CCCCC(C)N(CCNCCc1ccc(OC(=O)C(F)(F)F)c2[nH]c(=O)ccc12)C(=O)CCOCCc1ccccc1. The van der Waals surface area contributed by atoms with Crippen LogP contribution in [0.2, 0.25) is 0 Å². The Morgan fingerprint density at radius 1 is 1.00 bits per heavy atom. The first kappa shape index (κ1) is 33.8. The molecule has 1 heterocycles. The number of aromatic amines is 1. The van der Waals surface area contributed by atoms with Gasteiger partial charge in [0, 0.05) is 30.6 Å². The number of ether oxygens (including phenoxy) is 2. The van der Waals surface area contributed by atoms with Crippen molar-refractivity contribution in [2.24, 2.45) is 0 Å². The van der Waals surface area contributed by atoms with Crippen molar-refractivity contribution in [3.05, 3.63) is 76.1 Å². The second-order valence-electron chi connectivity index (χ2n) is 10.4. The predicted molar refractivity (Wildman–Crippen MR) is 159 cm³/mol. The average Bonchev–Trinajstić information content (AvgIpc) is 2.98. The van der Waals surface area contributed by atoms with Crippen molar-refractivity contribution < 1.29 is 32.2 Å². The summed E-state index contributed by atoms with van der Waals surface area (Å²) < 4.78 is 48.4. The van der Waals surface area contributed by atoms with Crippen LogP contribution in [0.4, 0.5) is 13.2 Å². The summed E-state index contributed by atoms with van der Waals surface area (Å²) in [4.78, 5) is 40.7. The third-order valence-corrected chi connectivity index (χ3v) is 7.15. The minimum atomic E-state index is -5.16. The van der Waals surface area contributed by atoms with Gasteiger partial charge in [0.15, 0.2) is 5.75 Å². The number of H-pyrrole nitrogens is 1. The summed E-state index contributed by atoms with van der Waals surface area (Å²) in [5.74, 6) is -2.69. The Bertz CT molecular complexity index is 1380. The van der Waals surface area contributed by atoms with Crippen LogP contribution in [0.3, 0.4) is 0 Å². The molecule has 0 spiro atoms. The molecule has 0 radical (unpaired) electrons. The number of esters is 1. The van der Waals surface area contributed by atoms with Gasteiger partial charge in [0.2, 0.25) is 11.5 Å². The normalized spacial score (nSPS) is 12.3. The number of rotatable bonds is 17. The molecule has 43 heavy (non-hydrogen) atoms. The van der Waals surface area contributed by atoms with E-state index < -0.39 is 17.7 Å². The van der Waals surface area contributed by atoms with E-state index in [-0.39, 0.29) is 23.2 Å². The molecule has 1 atom stereocenters. The number of halogens is 3. The molecule has 0 aliphatic carbocycles. The van der Waals surface area contributed by atoms with Crippen molar-refractivity contribution in [2.75, 3.05) is 32.8 Å². The molecule has 2 N–H and O–H groups in total. The summed E-state index contributed by atoms with van der Waals surface area (Å²) in [5, 5.41) is 3.81. The highest BCUT2D eigenvalue weighted by atomic mass is 19.4. The molecule has 0 saturated carbocycles. The maximum absolute atomic E-state index is 13.1. The number of benzene rings is 2. The minimum Gasteiger partial charge on any atom is -0.418 e. The molecule has 8 nitrogen and oxygen atoms in total. The number of pyridine rings is 1. The van der Waals surface area contributed by atoms with E-state index in [1.54, 1.807) is 6.07 Å². The minimum absolute atomic E-state index is 0.0232. The van der Waals surface area contributed by atoms with Gasteiger partial charge in [-0.1, -0.05) is 56.2 Å². The fraction of sp³-hybridized carbons (Fsp3) is 0.469. The van der Waals surface area contributed by atoms with Crippen LogP contribution in [0.25, 0.3) is 10.9 Å². The van der Waals surface area contributed by atoms with Crippen LogP contribution in [0.1, 0.15) is 50.7 Å². The highest BCUT2D eigenvalue weighted by Crippen LogP contribution is 2.28. The van der Waals surface area contributed by atoms with Gasteiger partial charge in [-0.15, -0.1) is 0 Å². The van der Waals surface area contributed by atoms with E-state index in [9.17, 15) is 27.6 Å². The lowest BCUT2D eigenvalue weighted by molar-refractivity contribution is -0.189. The molecule has 234 valence electrons. The van der Waals surface area contributed by atoms with Gasteiger partial charge in [-0.3, -0.25) is 9.59 Å². The molecular weight excluding hydrogens is 563 g/mol. The van der Waals surface area contributed by atoms with Crippen LogP contribution >= 0.6 is 0 Å². The molecule has 1 aromatic heterocycles. The monoisotopic (exact) mass is 603 g/mol. The number of aromatic nitrogens is 1. The van der Waals surface area contributed by atoms with Gasteiger partial charge in [0.25, 0.3) is 0 Å². The topological polar surface area (TPSA) is 101 Å². The van der Waals surface area contributed by atoms with Crippen molar-refractivity contribution in [3.8, 4) is 5.75 Å². The Labute approximate surface area is 249 Å². The highest BCUT2D eigenvalue weighted by Gasteiger charge is 2.41. The van der Waals surface area contributed by atoms with Crippen molar-refractivity contribution >= 4 is 22.8 Å². The van der Waals surface area contributed by atoms with Crippen LogP contribution < -0.4 is 15.6 Å². The molecule has 11 heteroatoms. The lowest BCUT2D eigenvalue weighted by Crippen LogP contribution is -2.43. The number of unbranched alkanes of at least 4 members (excludes halogenated alkanes) is 1. The molecule has 1 amide bonds. The second-order valence-corrected chi connectivity index (χ2v) is 10.4. The summed E-state index contributed by atoms with van der Waals surface area (Å²) in [5.41, 5.74) is 1.44. The van der Waals surface area contributed by atoms with Gasteiger partial charge in [0.05, 0.1) is 25.2 Å². The molecule has 3 aromatic rings. The van der Waals surface area contributed by atoms with Gasteiger partial charge < -0.3 is 24.7 Å². The fourth-order valence-electron chi connectivity index (χ4n) is 4.78. The number of hydrogen-bond donors (Lipinski definition) is 2. The quantitative estimate of drug-likeness (QED) is 0.125. The number of carbonyl (C=O) groups is 2. The predicted octanol–water partition coefficient (Wildman–Crippen LogP) is 5.18. The van der Waals surface area contributed by atoms with E-state index >= 15 is 0 Å². The number of hydrogen-bond acceptors (Lipinski definition) is 6. The summed E-state index contributed by atoms with van der Waals surface area (Å²) in [6.45, 7) is 6.68. The van der Waals surface area contributed by atoms with Gasteiger partial charge in [-0.2, -0.15) is 13.2 Å². The molecule has 1 unspecified atom stereocenters. The first-order chi connectivity index (χ1) is 20.6. The lowest BCUT2D eigenvalue weighted by atomic mass is 10.0. The third-order valence-electron chi connectivity index (χ3n) is 7.15. The van der Waals surface area contributed by atoms with Crippen molar-refractivity contribution in [2.45, 2.75) is 64.6 Å². The van der Waals surface area contributed by atoms with Gasteiger partial charge in [0.1, 0.15) is 0 Å². The van der Waals surface area contributed by atoms with Gasteiger partial charge >= 0.3 is 12.1 Å². The first-order valence-electron chi connectivity index (χ1n) is 14.7. The standard InChI is InChI=1S/C32H40F3N3O5/c1-3-4-8-23(2)38(29(40)17-22-42-21-16-24-9-6-5-7-10-24)20-19-36-18-15-25-11-13-27(43-31(41)32(33,34)35)30-26(25)12-14-28(39)37-30/h5-7,9-14,23,36H,3-4,8,15-22H2,1-2H3,(H,37,39). The molecule has 0 aliphatic rings. The van der Waals surface area contributed by atoms with Crippen molar-refractivity contribution in [3.63, 3.8) is 0 Å². The van der Waals surface area contributed by atoms with E-state index in [1.807, 2.05) is 35.2 Å². The molecule has 0 saturated heterocycles. The second kappa shape index (κ2) is 16.8. The molecule has 3 rings (SSSR count). The Kier molecular flexibility index (Phi) is 13.2. The average molecular weight is 604 g/mol. The third kappa shape index (κ3) is 10.8. The Morgan fingerprint density at radius 3 is 2.49 bits per heavy atom. The maximum Gasteiger partial charge on any atom is 0.491 e. The fourth-order valence-corrected chi connectivity index (χ4v) is 4.78. The van der Waals surface area contributed by atoms with E-state index in [4.69, 9.17) is 4.74 Å². The van der Waals surface area contributed by atoms with E-state index in [0.717, 1.165) is 31.2 Å². The van der Waals surface area contributed by atoms with Crippen LogP contribution in [-0.2, 0) is 27.2 Å². The summed E-state index contributed by atoms with van der Waals surface area (Å²) in [7, 11) is 0. The Balaban J connectivity index is 1.52. The zero-order valence-corrected chi connectivity index (χ0v) is 24.7. The molecular formula is C32H40F3N3O5. The van der Waals surface area contributed by atoms with E-state index in [0.29, 0.717) is 51.1 Å². The number of nitrogens with one attached hydrogen (secondary N) is 2. The number of amides is 1. The number of carbonyl (C=O) groups excluding carboxylic acids is 2. The Hall–Kier alpha value is -3.70. The van der Waals surface area contributed by atoms with Crippen LogP contribution in [0.15, 0.2) is 59.4 Å². The maximum atomic E-state index is 13.1. The Morgan fingerprint density at radius 2 is 1.77 bits per heavy atom. The van der Waals surface area contributed by atoms with Crippen LogP contribution in [0.5, 0.6) is 5.75 Å². The number of alkyl halides is 3. The molecule has 2 aromatic carbocycles. The highest BCUT2D eigenvalue weighted by molar-refractivity contribution is 5.90.